The summed E-state index contributed by atoms with van der Waals surface area (Å²) in [5, 5.41) is 2.99. The third-order valence-corrected chi connectivity index (χ3v) is 5.40. The van der Waals surface area contributed by atoms with E-state index in [0.717, 1.165) is 11.1 Å². The second-order valence-corrected chi connectivity index (χ2v) is 7.86. The summed E-state index contributed by atoms with van der Waals surface area (Å²) in [5.41, 5.74) is 2.35. The number of fused-ring (bicyclic) bond motifs is 1. The van der Waals surface area contributed by atoms with Gasteiger partial charge in [-0.15, -0.1) is 0 Å². The predicted molar refractivity (Wildman–Crippen MR) is 129 cm³/mol. The molecular formula is C27H28N2O5. The number of ether oxygens (including phenoxy) is 3. The number of hydrogen-bond acceptors (Lipinski definition) is 6. The summed E-state index contributed by atoms with van der Waals surface area (Å²) >= 11 is 0. The van der Waals surface area contributed by atoms with Crippen LogP contribution in [-0.2, 0) is 20.9 Å². The molecule has 176 valence electrons. The zero-order chi connectivity index (χ0) is 23.8. The molecule has 0 radical (unpaired) electrons. The Morgan fingerprint density at radius 1 is 0.941 bits per heavy atom. The number of carbonyl (C=O) groups is 2. The molecule has 7 heteroatoms. The lowest BCUT2D eigenvalue weighted by atomic mass is 10.0. The first-order valence-corrected chi connectivity index (χ1v) is 11.3. The van der Waals surface area contributed by atoms with Crippen molar-refractivity contribution in [2.45, 2.75) is 19.5 Å². The van der Waals surface area contributed by atoms with Crippen molar-refractivity contribution in [3.05, 3.63) is 90.0 Å². The van der Waals surface area contributed by atoms with Crippen molar-refractivity contribution in [3.63, 3.8) is 0 Å². The molecule has 3 aromatic rings. The largest absolute Gasteiger partial charge is 0.486 e. The molecule has 0 aliphatic carbocycles. The maximum absolute atomic E-state index is 13.7. The van der Waals surface area contributed by atoms with Gasteiger partial charge in [0.1, 0.15) is 19.3 Å². The first-order valence-electron chi connectivity index (χ1n) is 11.3. The molecule has 1 atom stereocenters. The van der Waals surface area contributed by atoms with Crippen LogP contribution in [0.2, 0.25) is 0 Å². The van der Waals surface area contributed by atoms with E-state index in [9.17, 15) is 9.59 Å². The highest BCUT2D eigenvalue weighted by Crippen LogP contribution is 2.33. The number of nitrogens with zero attached hydrogens (tertiary/aromatic N) is 1. The van der Waals surface area contributed by atoms with Gasteiger partial charge in [0.25, 0.3) is 0 Å². The molecule has 0 spiro atoms. The summed E-state index contributed by atoms with van der Waals surface area (Å²) in [6.07, 6.45) is 0. The van der Waals surface area contributed by atoms with Crippen molar-refractivity contribution in [3.8, 4) is 11.5 Å². The Bertz CT molecular complexity index is 1100. The number of esters is 1. The van der Waals surface area contributed by atoms with Crippen LogP contribution in [0.15, 0.2) is 78.9 Å². The third kappa shape index (κ3) is 5.94. The molecule has 7 nitrogen and oxygen atoms in total. The zero-order valence-electron chi connectivity index (χ0n) is 19.1. The van der Waals surface area contributed by atoms with Gasteiger partial charge in [-0.2, -0.15) is 0 Å². The molecule has 1 heterocycles. The summed E-state index contributed by atoms with van der Waals surface area (Å²) in [6, 6.07) is 23.8. The summed E-state index contributed by atoms with van der Waals surface area (Å²) < 4.78 is 16.4. The van der Waals surface area contributed by atoms with E-state index in [0.29, 0.717) is 36.9 Å². The first kappa shape index (κ1) is 23.3. The number of benzene rings is 3. The summed E-state index contributed by atoms with van der Waals surface area (Å²) in [7, 11) is 0. The number of carbonyl (C=O) groups excluding carboxylic acids is 2. The summed E-state index contributed by atoms with van der Waals surface area (Å²) in [5.74, 6) is 0.597. The van der Waals surface area contributed by atoms with Crippen molar-refractivity contribution in [1.82, 2.24) is 4.90 Å². The number of rotatable bonds is 9. The predicted octanol–water partition coefficient (Wildman–Crippen LogP) is 4.20. The average Bonchev–Trinajstić information content (AvgIpc) is 2.85. The van der Waals surface area contributed by atoms with Gasteiger partial charge in [-0.25, -0.2) is 0 Å². The van der Waals surface area contributed by atoms with E-state index in [-0.39, 0.29) is 25.0 Å². The van der Waals surface area contributed by atoms with Crippen molar-refractivity contribution in [2.24, 2.45) is 0 Å². The Kier molecular flexibility index (Phi) is 7.78. The van der Waals surface area contributed by atoms with Crippen LogP contribution in [0.4, 0.5) is 5.69 Å². The quantitative estimate of drug-likeness (QED) is 0.482. The Hall–Kier alpha value is -3.84. The van der Waals surface area contributed by atoms with Crippen LogP contribution in [0.5, 0.6) is 11.5 Å². The van der Waals surface area contributed by atoms with Crippen LogP contribution in [0, 0.1) is 0 Å². The van der Waals surface area contributed by atoms with E-state index in [1.165, 1.54) is 0 Å². The fourth-order valence-electron chi connectivity index (χ4n) is 3.92. The van der Waals surface area contributed by atoms with Crippen LogP contribution in [0.1, 0.15) is 24.1 Å². The van der Waals surface area contributed by atoms with E-state index < -0.39 is 6.04 Å². The third-order valence-electron chi connectivity index (χ3n) is 5.40. The molecule has 0 saturated heterocycles. The average molecular weight is 461 g/mol. The lowest BCUT2D eigenvalue weighted by Gasteiger charge is -2.30. The number of nitrogens with one attached hydrogen (secondary N) is 1. The molecule has 1 aliphatic heterocycles. The number of anilines is 1. The fourth-order valence-corrected chi connectivity index (χ4v) is 3.92. The molecule has 0 bridgehead atoms. The SMILES string of the molecule is CCOC(=O)CN(Cc1ccccc1)[C@@H](C(=O)Nc1ccc2c(c1)OCCO2)c1ccccc1. The molecule has 3 aromatic carbocycles. The van der Waals surface area contributed by atoms with E-state index in [1.54, 1.807) is 25.1 Å². The minimum Gasteiger partial charge on any atom is -0.486 e. The van der Waals surface area contributed by atoms with E-state index in [2.05, 4.69) is 5.32 Å². The van der Waals surface area contributed by atoms with Crippen molar-refractivity contribution < 1.29 is 23.8 Å². The van der Waals surface area contributed by atoms with Crippen molar-refractivity contribution >= 4 is 17.6 Å². The van der Waals surface area contributed by atoms with Crippen LogP contribution < -0.4 is 14.8 Å². The highest BCUT2D eigenvalue weighted by molar-refractivity contribution is 5.96. The van der Waals surface area contributed by atoms with Crippen LogP contribution in [-0.4, -0.2) is 43.1 Å². The van der Waals surface area contributed by atoms with Gasteiger partial charge in [-0.3, -0.25) is 14.5 Å². The van der Waals surface area contributed by atoms with Gasteiger partial charge in [-0.05, 0) is 30.2 Å². The van der Waals surface area contributed by atoms with E-state index in [1.807, 2.05) is 65.6 Å². The first-order chi connectivity index (χ1) is 16.6. The number of hydrogen-bond donors (Lipinski definition) is 1. The molecule has 1 N–H and O–H groups in total. The maximum atomic E-state index is 13.7. The molecule has 4 rings (SSSR count). The van der Waals surface area contributed by atoms with E-state index in [4.69, 9.17) is 14.2 Å². The Morgan fingerprint density at radius 2 is 1.62 bits per heavy atom. The van der Waals surface area contributed by atoms with Gasteiger partial charge in [0.15, 0.2) is 11.5 Å². The normalized spacial score (nSPS) is 13.2. The monoisotopic (exact) mass is 460 g/mol. The van der Waals surface area contributed by atoms with Gasteiger partial charge < -0.3 is 19.5 Å². The lowest BCUT2D eigenvalue weighted by Crippen LogP contribution is -2.40. The van der Waals surface area contributed by atoms with Gasteiger partial charge in [-0.1, -0.05) is 60.7 Å². The standard InChI is InChI=1S/C27H28N2O5/c1-2-32-25(30)19-29(18-20-9-5-3-6-10-20)26(21-11-7-4-8-12-21)27(31)28-22-13-14-23-24(17-22)34-16-15-33-23/h3-14,17,26H,2,15-16,18-19H2,1H3,(H,28,31)/t26-/m1/s1. The summed E-state index contributed by atoms with van der Waals surface area (Å²) in [6.45, 7) is 3.36. The lowest BCUT2D eigenvalue weighted by molar-refractivity contribution is -0.145. The molecular weight excluding hydrogens is 432 g/mol. The minimum absolute atomic E-state index is 0.0309. The Labute approximate surface area is 199 Å². The van der Waals surface area contributed by atoms with Gasteiger partial charge in [0, 0.05) is 18.3 Å². The molecule has 0 aromatic heterocycles. The minimum atomic E-state index is -0.723. The van der Waals surface area contributed by atoms with Crippen LogP contribution >= 0.6 is 0 Å². The second kappa shape index (κ2) is 11.3. The van der Waals surface area contributed by atoms with E-state index >= 15 is 0 Å². The molecule has 1 amide bonds. The molecule has 0 saturated carbocycles. The molecule has 34 heavy (non-hydrogen) atoms. The van der Waals surface area contributed by atoms with Gasteiger partial charge in [0.05, 0.1) is 13.2 Å². The van der Waals surface area contributed by atoms with Gasteiger partial charge >= 0.3 is 5.97 Å². The topological polar surface area (TPSA) is 77.1 Å². The maximum Gasteiger partial charge on any atom is 0.320 e. The molecule has 0 fully saturated rings. The zero-order valence-corrected chi connectivity index (χ0v) is 19.1. The molecule has 0 unspecified atom stereocenters. The van der Waals surface area contributed by atoms with Crippen molar-refractivity contribution in [1.29, 1.82) is 0 Å². The number of amides is 1. The Balaban J connectivity index is 1.64. The van der Waals surface area contributed by atoms with Crippen LogP contribution in [0.25, 0.3) is 0 Å². The fraction of sp³-hybridized carbons (Fsp3) is 0.259. The van der Waals surface area contributed by atoms with Crippen LogP contribution in [0.3, 0.4) is 0 Å². The summed E-state index contributed by atoms with van der Waals surface area (Å²) in [4.78, 5) is 28.0. The Morgan fingerprint density at radius 3 is 2.32 bits per heavy atom. The molecule has 1 aliphatic rings. The van der Waals surface area contributed by atoms with Crippen molar-refractivity contribution in [2.75, 3.05) is 31.7 Å². The highest BCUT2D eigenvalue weighted by Gasteiger charge is 2.30. The van der Waals surface area contributed by atoms with Gasteiger partial charge in [0.2, 0.25) is 5.91 Å². The highest BCUT2D eigenvalue weighted by atomic mass is 16.6. The second-order valence-electron chi connectivity index (χ2n) is 7.86. The smallest absolute Gasteiger partial charge is 0.320 e.